The van der Waals surface area contributed by atoms with Gasteiger partial charge in [0.15, 0.2) is 6.61 Å². The lowest BCUT2D eigenvalue weighted by Gasteiger charge is -2.28. The molecule has 27 heavy (non-hydrogen) atoms. The summed E-state index contributed by atoms with van der Waals surface area (Å²) in [7, 11) is 0. The van der Waals surface area contributed by atoms with E-state index in [0.717, 1.165) is 10.0 Å². The number of halogens is 2. The standard InChI is InChI=1S/C20H22BrFN2O3/c1-3-23-20(26)14(2)24(12-15-5-4-6-16(21)11-15)19(25)13-27-18-9-7-17(22)8-10-18/h4-11,14H,3,12-13H2,1-2H3,(H,23,26)/t14-/m1/s1. The monoisotopic (exact) mass is 436 g/mol. The van der Waals surface area contributed by atoms with Gasteiger partial charge in [-0.05, 0) is 55.8 Å². The Labute approximate surface area is 166 Å². The number of amides is 2. The zero-order valence-electron chi connectivity index (χ0n) is 15.2. The van der Waals surface area contributed by atoms with Crippen LogP contribution in [0.1, 0.15) is 19.4 Å². The molecule has 0 bridgehead atoms. The number of benzene rings is 2. The van der Waals surface area contributed by atoms with Crippen LogP contribution in [0.5, 0.6) is 5.75 Å². The average molecular weight is 437 g/mol. The van der Waals surface area contributed by atoms with Crippen molar-refractivity contribution in [2.24, 2.45) is 0 Å². The zero-order valence-corrected chi connectivity index (χ0v) is 16.8. The minimum atomic E-state index is -0.659. The number of carbonyl (C=O) groups excluding carboxylic acids is 2. The van der Waals surface area contributed by atoms with E-state index in [1.54, 1.807) is 6.92 Å². The molecule has 1 N–H and O–H groups in total. The van der Waals surface area contributed by atoms with Crippen molar-refractivity contribution >= 4 is 27.7 Å². The normalized spacial score (nSPS) is 11.6. The highest BCUT2D eigenvalue weighted by Gasteiger charge is 2.26. The van der Waals surface area contributed by atoms with Crippen LogP contribution in [0.25, 0.3) is 0 Å². The fourth-order valence-electron chi connectivity index (χ4n) is 2.50. The molecule has 2 aromatic carbocycles. The molecule has 0 fully saturated rings. The first-order chi connectivity index (χ1) is 12.9. The lowest BCUT2D eigenvalue weighted by molar-refractivity contribution is -0.142. The second-order valence-electron chi connectivity index (χ2n) is 5.96. The van der Waals surface area contributed by atoms with Crippen LogP contribution in [0.2, 0.25) is 0 Å². The summed E-state index contributed by atoms with van der Waals surface area (Å²) in [6.45, 7) is 4.00. The predicted octanol–water partition coefficient (Wildman–Crippen LogP) is 3.52. The summed E-state index contributed by atoms with van der Waals surface area (Å²) in [5.41, 5.74) is 0.885. The molecule has 0 aliphatic heterocycles. The fourth-order valence-corrected chi connectivity index (χ4v) is 2.94. The van der Waals surface area contributed by atoms with Crippen molar-refractivity contribution < 1.29 is 18.7 Å². The molecule has 0 saturated heterocycles. The van der Waals surface area contributed by atoms with Crippen molar-refractivity contribution in [3.63, 3.8) is 0 Å². The smallest absolute Gasteiger partial charge is 0.261 e. The summed E-state index contributed by atoms with van der Waals surface area (Å²) in [6, 6.07) is 12.3. The van der Waals surface area contributed by atoms with E-state index in [9.17, 15) is 14.0 Å². The number of ether oxygens (including phenoxy) is 1. The first kappa shape index (κ1) is 20.9. The molecular weight excluding hydrogens is 415 g/mol. The number of hydrogen-bond donors (Lipinski definition) is 1. The van der Waals surface area contributed by atoms with Gasteiger partial charge in [0.05, 0.1) is 0 Å². The third-order valence-corrected chi connectivity index (χ3v) is 4.43. The van der Waals surface area contributed by atoms with Crippen molar-refractivity contribution in [1.29, 1.82) is 0 Å². The SMILES string of the molecule is CCNC(=O)[C@@H](C)N(Cc1cccc(Br)c1)C(=O)COc1ccc(F)cc1. The number of carbonyl (C=O) groups is 2. The highest BCUT2D eigenvalue weighted by atomic mass is 79.9. The van der Waals surface area contributed by atoms with Crippen LogP contribution in [-0.2, 0) is 16.1 Å². The average Bonchev–Trinajstić information content (AvgIpc) is 2.65. The van der Waals surface area contributed by atoms with Crippen molar-refractivity contribution in [3.8, 4) is 5.75 Å². The summed E-state index contributed by atoms with van der Waals surface area (Å²) in [4.78, 5) is 26.5. The molecule has 7 heteroatoms. The van der Waals surface area contributed by atoms with Gasteiger partial charge in [0, 0.05) is 17.6 Å². The highest BCUT2D eigenvalue weighted by Crippen LogP contribution is 2.16. The maximum atomic E-state index is 13.0. The summed E-state index contributed by atoms with van der Waals surface area (Å²) < 4.78 is 19.3. The van der Waals surface area contributed by atoms with E-state index in [0.29, 0.717) is 12.3 Å². The maximum absolute atomic E-state index is 13.0. The van der Waals surface area contributed by atoms with Gasteiger partial charge in [-0.1, -0.05) is 28.1 Å². The van der Waals surface area contributed by atoms with Gasteiger partial charge >= 0.3 is 0 Å². The van der Waals surface area contributed by atoms with E-state index in [-0.39, 0.29) is 30.8 Å². The summed E-state index contributed by atoms with van der Waals surface area (Å²) in [5.74, 6) is -0.562. The molecule has 2 aromatic rings. The number of nitrogens with one attached hydrogen (secondary N) is 1. The molecular formula is C20H22BrFN2O3. The molecule has 0 heterocycles. The molecule has 0 radical (unpaired) electrons. The molecule has 1 atom stereocenters. The molecule has 0 spiro atoms. The maximum Gasteiger partial charge on any atom is 0.261 e. The summed E-state index contributed by atoms with van der Waals surface area (Å²) >= 11 is 3.41. The van der Waals surface area contributed by atoms with Gasteiger partial charge in [-0.3, -0.25) is 9.59 Å². The first-order valence-electron chi connectivity index (χ1n) is 8.60. The van der Waals surface area contributed by atoms with E-state index in [1.165, 1.54) is 29.2 Å². The van der Waals surface area contributed by atoms with Crippen LogP contribution >= 0.6 is 15.9 Å². The Kier molecular flexibility index (Phi) is 7.79. The van der Waals surface area contributed by atoms with Gasteiger partial charge in [0.2, 0.25) is 5.91 Å². The zero-order chi connectivity index (χ0) is 19.8. The number of likely N-dealkylation sites (N-methyl/N-ethyl adjacent to an activating group) is 1. The lowest BCUT2D eigenvalue weighted by atomic mass is 10.1. The minimum Gasteiger partial charge on any atom is -0.484 e. The quantitative estimate of drug-likeness (QED) is 0.688. The van der Waals surface area contributed by atoms with Crippen LogP contribution in [0.3, 0.4) is 0 Å². The molecule has 2 rings (SSSR count). The Balaban J connectivity index is 2.12. The van der Waals surface area contributed by atoms with Gasteiger partial charge in [0.1, 0.15) is 17.6 Å². The first-order valence-corrected chi connectivity index (χ1v) is 9.40. The van der Waals surface area contributed by atoms with Gasteiger partial charge < -0.3 is 15.0 Å². The van der Waals surface area contributed by atoms with Crippen molar-refractivity contribution in [3.05, 3.63) is 64.4 Å². The van der Waals surface area contributed by atoms with E-state index < -0.39 is 6.04 Å². The van der Waals surface area contributed by atoms with Gasteiger partial charge in [-0.25, -0.2) is 4.39 Å². The fraction of sp³-hybridized carbons (Fsp3) is 0.300. The molecule has 0 aliphatic rings. The number of rotatable bonds is 8. The number of nitrogens with zero attached hydrogens (tertiary/aromatic N) is 1. The second-order valence-corrected chi connectivity index (χ2v) is 6.88. The van der Waals surface area contributed by atoms with Crippen molar-refractivity contribution in [2.45, 2.75) is 26.4 Å². The van der Waals surface area contributed by atoms with E-state index in [1.807, 2.05) is 31.2 Å². The second kappa shape index (κ2) is 10.1. The Bertz CT molecular complexity index is 783. The third kappa shape index (κ3) is 6.36. The molecule has 2 amide bonds. The lowest BCUT2D eigenvalue weighted by Crippen LogP contribution is -2.49. The topological polar surface area (TPSA) is 58.6 Å². The van der Waals surface area contributed by atoms with Crippen LogP contribution in [-0.4, -0.2) is 35.9 Å². The largest absolute Gasteiger partial charge is 0.484 e. The molecule has 0 aromatic heterocycles. The number of hydrogen-bond acceptors (Lipinski definition) is 3. The summed E-state index contributed by atoms with van der Waals surface area (Å²) in [5, 5.41) is 2.73. The van der Waals surface area contributed by atoms with E-state index >= 15 is 0 Å². The van der Waals surface area contributed by atoms with E-state index in [4.69, 9.17) is 4.74 Å². The van der Waals surface area contributed by atoms with Crippen LogP contribution in [0.15, 0.2) is 53.0 Å². The predicted molar refractivity (Wildman–Crippen MR) is 105 cm³/mol. The minimum absolute atomic E-state index is 0.234. The third-order valence-electron chi connectivity index (χ3n) is 3.94. The molecule has 144 valence electrons. The van der Waals surface area contributed by atoms with Gasteiger partial charge in [-0.15, -0.1) is 0 Å². The van der Waals surface area contributed by atoms with Crippen LogP contribution in [0.4, 0.5) is 4.39 Å². The van der Waals surface area contributed by atoms with Crippen LogP contribution in [0, 0.1) is 5.82 Å². The Morgan fingerprint density at radius 2 is 1.93 bits per heavy atom. The molecule has 0 aliphatic carbocycles. The van der Waals surface area contributed by atoms with Crippen molar-refractivity contribution in [1.82, 2.24) is 10.2 Å². The Morgan fingerprint density at radius 3 is 2.56 bits per heavy atom. The molecule has 5 nitrogen and oxygen atoms in total. The van der Waals surface area contributed by atoms with E-state index in [2.05, 4.69) is 21.2 Å². The molecule has 0 unspecified atom stereocenters. The Hall–Kier alpha value is -2.41. The van der Waals surface area contributed by atoms with Gasteiger partial charge in [-0.2, -0.15) is 0 Å². The highest BCUT2D eigenvalue weighted by molar-refractivity contribution is 9.10. The molecule has 0 saturated carbocycles. The Morgan fingerprint density at radius 1 is 1.22 bits per heavy atom. The van der Waals surface area contributed by atoms with Crippen LogP contribution < -0.4 is 10.1 Å². The van der Waals surface area contributed by atoms with Gasteiger partial charge in [0.25, 0.3) is 5.91 Å². The van der Waals surface area contributed by atoms with Crippen molar-refractivity contribution in [2.75, 3.05) is 13.2 Å². The summed E-state index contributed by atoms with van der Waals surface area (Å²) in [6.07, 6.45) is 0.